The molecule has 0 rings (SSSR count). The second-order valence-electron chi connectivity index (χ2n) is 1.40. The average Bonchev–Trinajstić information content (AvgIpc) is 1.95. The Labute approximate surface area is 190 Å². The van der Waals surface area contributed by atoms with Crippen molar-refractivity contribution in [3.05, 3.63) is 0 Å². The van der Waals surface area contributed by atoms with Gasteiger partial charge in [0.25, 0.3) is 11.4 Å². The third-order valence-corrected chi connectivity index (χ3v) is 0.750. The summed E-state index contributed by atoms with van der Waals surface area (Å²) in [5.41, 5.74) is 0. The van der Waals surface area contributed by atoms with E-state index in [9.17, 15) is 25.9 Å². The second-order valence-corrected chi connectivity index (χ2v) is 4.20. The van der Waals surface area contributed by atoms with Crippen molar-refractivity contribution in [2.45, 2.75) is 0 Å². The van der Waals surface area contributed by atoms with Crippen molar-refractivity contribution < 1.29 is 150 Å². The van der Waals surface area contributed by atoms with Crippen LogP contribution >= 0.6 is 0 Å². The Hall–Kier alpha value is 2.88. The molecule has 0 fully saturated rings. The van der Waals surface area contributed by atoms with Gasteiger partial charge in [-0.05, 0) is 0 Å². The van der Waals surface area contributed by atoms with Crippen LogP contribution in [0.25, 0.3) is 0 Å². The summed E-state index contributed by atoms with van der Waals surface area (Å²) < 4.78 is 108. The first-order valence-corrected chi connectivity index (χ1v) is 7.31. The van der Waals surface area contributed by atoms with Crippen LogP contribution in [0.4, 0.5) is 0 Å². The summed E-state index contributed by atoms with van der Waals surface area (Å²) >= 11 is -5.47. The van der Waals surface area contributed by atoms with Gasteiger partial charge in [-0.3, -0.25) is 9.11 Å². The first kappa shape index (κ1) is 39.1. The summed E-state index contributed by atoms with van der Waals surface area (Å²) in [5.74, 6) is 0. The van der Waals surface area contributed by atoms with Crippen LogP contribution in [-0.2, 0) is 52.2 Å². The van der Waals surface area contributed by atoms with Crippen molar-refractivity contribution in [1.82, 2.24) is 0 Å². The summed E-state index contributed by atoms with van der Waals surface area (Å²) in [6.07, 6.45) is 0. The van der Waals surface area contributed by atoms with E-state index < -0.39 is 43.5 Å². The van der Waals surface area contributed by atoms with E-state index in [-0.39, 0.29) is 88.7 Å². The van der Waals surface area contributed by atoms with E-state index in [1.165, 1.54) is 0 Å². The molecule has 0 aliphatic heterocycles. The van der Waals surface area contributed by atoms with Crippen LogP contribution in [0.5, 0.6) is 0 Å². The summed E-state index contributed by atoms with van der Waals surface area (Å²) in [4.78, 5) is 0. The third kappa shape index (κ3) is 102. The SMILES string of the molecule is O=S(=O)([O-])OOS(=O)(=O)[O-].O=S(O)O.O=S([O-])O.[Na+].[Na+].[Na+]. The van der Waals surface area contributed by atoms with Crippen LogP contribution in [0.15, 0.2) is 0 Å². The average molecular weight is 424 g/mol. The van der Waals surface area contributed by atoms with E-state index >= 15 is 0 Å². The Morgan fingerprint density at radius 3 is 0.905 bits per heavy atom. The van der Waals surface area contributed by atoms with Crippen LogP contribution in [0.2, 0.25) is 0 Å². The van der Waals surface area contributed by atoms with E-state index in [1.807, 2.05) is 0 Å². The fourth-order valence-corrected chi connectivity index (χ4v) is 0.612. The van der Waals surface area contributed by atoms with E-state index in [2.05, 4.69) is 8.67 Å². The van der Waals surface area contributed by atoms with E-state index in [0.29, 0.717) is 0 Å². The smallest absolute Gasteiger partial charge is 0.750 e. The van der Waals surface area contributed by atoms with Crippen molar-refractivity contribution in [3.63, 3.8) is 0 Å². The van der Waals surface area contributed by atoms with Gasteiger partial charge in [0.2, 0.25) is 20.8 Å². The van der Waals surface area contributed by atoms with Gasteiger partial charge in [0.1, 0.15) is 0 Å². The summed E-state index contributed by atoms with van der Waals surface area (Å²) in [7, 11) is -10.6. The molecule has 14 nitrogen and oxygen atoms in total. The molecule has 0 spiro atoms. The minimum absolute atomic E-state index is 0. The quantitative estimate of drug-likeness (QED) is 0.0950. The minimum Gasteiger partial charge on any atom is -0.750 e. The summed E-state index contributed by atoms with van der Waals surface area (Å²) in [6.45, 7) is 0. The molecule has 0 aromatic heterocycles. The van der Waals surface area contributed by atoms with Gasteiger partial charge in [-0.25, -0.2) is 21.0 Å². The van der Waals surface area contributed by atoms with E-state index in [1.54, 1.807) is 0 Å². The Kier molecular flexibility index (Phi) is 39.0. The monoisotopic (exact) mass is 424 g/mol. The van der Waals surface area contributed by atoms with Crippen molar-refractivity contribution >= 4 is 43.5 Å². The molecule has 0 aliphatic carbocycles. The predicted molar refractivity (Wildman–Crippen MR) is 46.5 cm³/mol. The van der Waals surface area contributed by atoms with Gasteiger partial charge in [0.05, 0.1) is 11.4 Å². The van der Waals surface area contributed by atoms with E-state index in [0.717, 1.165) is 0 Å². The van der Waals surface area contributed by atoms with Gasteiger partial charge < -0.3 is 18.2 Å². The first-order chi connectivity index (χ1) is 7.67. The van der Waals surface area contributed by atoms with Crippen LogP contribution in [0.3, 0.4) is 0 Å². The van der Waals surface area contributed by atoms with E-state index in [4.69, 9.17) is 26.6 Å². The molecule has 1 atom stereocenters. The topological polar surface area (TPSA) is 251 Å². The van der Waals surface area contributed by atoms with Crippen LogP contribution < -0.4 is 88.7 Å². The standard InChI is InChI=1S/3Na.H2O8S2.2H2O3S/c;;;1-9(2,3)7-8-10(4,5)6;2*1-4(2)3/h;;;(H,1,2,3)(H,4,5,6);2*(H2,1,2,3)/q3*+1;;;/p-3. The van der Waals surface area contributed by atoms with Crippen LogP contribution in [-0.4, -0.2) is 52.6 Å². The van der Waals surface area contributed by atoms with Gasteiger partial charge in [-0.2, -0.15) is 4.21 Å². The maximum absolute atomic E-state index is 9.37. The van der Waals surface area contributed by atoms with Gasteiger partial charge in [-0.15, -0.1) is 8.67 Å². The maximum atomic E-state index is 9.37. The van der Waals surface area contributed by atoms with Crippen LogP contribution in [0.1, 0.15) is 0 Å². The zero-order chi connectivity index (χ0) is 15.6. The van der Waals surface area contributed by atoms with Crippen molar-refractivity contribution in [3.8, 4) is 0 Å². The Bertz CT molecular complexity index is 395. The zero-order valence-corrected chi connectivity index (χ0v) is 19.7. The molecule has 0 aromatic carbocycles. The molecular weight excluding hydrogens is 421 g/mol. The molecule has 3 N–H and O–H groups in total. The molecule has 0 amide bonds. The van der Waals surface area contributed by atoms with Crippen molar-refractivity contribution in [1.29, 1.82) is 0 Å². The van der Waals surface area contributed by atoms with Gasteiger partial charge >= 0.3 is 88.7 Å². The molecule has 0 aliphatic rings. The number of rotatable bonds is 3. The zero-order valence-electron chi connectivity index (χ0n) is 10.5. The van der Waals surface area contributed by atoms with Gasteiger partial charge in [0.15, 0.2) is 0 Å². The van der Waals surface area contributed by atoms with Crippen LogP contribution in [0, 0.1) is 0 Å². The molecule has 0 aromatic rings. The first-order valence-electron chi connectivity index (χ1n) is 2.55. The fourth-order valence-electron chi connectivity index (χ4n) is 0.0680. The van der Waals surface area contributed by atoms with Crippen molar-refractivity contribution in [2.24, 2.45) is 0 Å². The van der Waals surface area contributed by atoms with Gasteiger partial charge in [0, 0.05) is 0 Å². The molecule has 21 heavy (non-hydrogen) atoms. The number of hydrogen-bond acceptors (Lipinski definition) is 11. The molecule has 1 unspecified atom stereocenters. The summed E-state index contributed by atoms with van der Waals surface area (Å²) in [5, 5.41) is 0. The second kappa shape index (κ2) is 20.9. The molecule has 21 heteroatoms. The Morgan fingerprint density at radius 1 is 0.762 bits per heavy atom. The minimum atomic E-state index is -5.31. The fraction of sp³-hybridized carbons (Fsp3) is 0. The molecular formula is H3Na3O14S4. The normalized spacial score (nSPS) is 11.0. The third-order valence-electron chi connectivity index (χ3n) is 0.194. The predicted octanol–water partition coefficient (Wildman–Crippen LogP) is -12.1. The molecule has 0 saturated carbocycles. The molecule has 114 valence electrons. The van der Waals surface area contributed by atoms with Crippen molar-refractivity contribution in [2.75, 3.05) is 0 Å². The number of hydrogen-bond donors (Lipinski definition) is 3. The molecule has 0 bridgehead atoms. The van der Waals surface area contributed by atoms with Gasteiger partial charge in [-0.1, -0.05) is 0 Å². The Morgan fingerprint density at radius 2 is 0.857 bits per heavy atom. The molecule has 0 heterocycles. The summed E-state index contributed by atoms with van der Waals surface area (Å²) in [6, 6.07) is 0. The largest absolute Gasteiger partial charge is 1.00 e. The molecule has 0 saturated heterocycles. The molecule has 0 radical (unpaired) electrons. The Balaban J connectivity index is -0.0000000439. The maximum Gasteiger partial charge on any atom is 1.00 e.